The molecule has 0 aliphatic rings. The molecular formula is C22H13Cl3FN3O3S2. The Hall–Kier alpha value is -2.69. The molecule has 0 aliphatic carbocycles. The zero-order valence-corrected chi connectivity index (χ0v) is 20.8. The van der Waals surface area contributed by atoms with Crippen LogP contribution in [0.4, 0.5) is 15.2 Å². The van der Waals surface area contributed by atoms with Gasteiger partial charge in [0, 0.05) is 21.7 Å². The summed E-state index contributed by atoms with van der Waals surface area (Å²) in [5, 5.41) is 4.86. The van der Waals surface area contributed by atoms with Crippen molar-refractivity contribution in [1.29, 1.82) is 0 Å². The van der Waals surface area contributed by atoms with E-state index in [9.17, 15) is 17.6 Å². The summed E-state index contributed by atoms with van der Waals surface area (Å²) in [6, 6.07) is 14.1. The first-order chi connectivity index (χ1) is 16.1. The predicted octanol–water partition coefficient (Wildman–Crippen LogP) is 6.96. The number of aromatic nitrogens is 1. The van der Waals surface area contributed by atoms with Gasteiger partial charge in [-0.15, -0.1) is 11.3 Å². The Bertz CT molecular complexity index is 1490. The van der Waals surface area contributed by atoms with E-state index in [4.69, 9.17) is 34.8 Å². The number of benzene rings is 3. The molecule has 4 rings (SSSR count). The molecule has 6 nitrogen and oxygen atoms in total. The highest BCUT2D eigenvalue weighted by Gasteiger charge is 2.23. The summed E-state index contributed by atoms with van der Waals surface area (Å²) in [5.41, 5.74) is 1.26. The summed E-state index contributed by atoms with van der Waals surface area (Å²) < 4.78 is 41.1. The highest BCUT2D eigenvalue weighted by Crippen LogP contribution is 2.33. The molecule has 0 radical (unpaired) electrons. The van der Waals surface area contributed by atoms with E-state index in [0.717, 1.165) is 24.3 Å². The summed E-state index contributed by atoms with van der Waals surface area (Å²) >= 11 is 19.6. The van der Waals surface area contributed by atoms with Crippen LogP contribution >= 0.6 is 46.1 Å². The van der Waals surface area contributed by atoms with E-state index in [1.165, 1.54) is 23.5 Å². The van der Waals surface area contributed by atoms with Crippen LogP contribution in [0.15, 0.2) is 70.9 Å². The number of amides is 1. The third kappa shape index (κ3) is 5.34. The Morgan fingerprint density at radius 2 is 1.65 bits per heavy atom. The molecule has 3 aromatic carbocycles. The Morgan fingerprint density at radius 3 is 2.35 bits per heavy atom. The number of carbonyl (C=O) groups excluding carboxylic acids is 1. The second kappa shape index (κ2) is 9.89. The normalized spacial score (nSPS) is 11.3. The van der Waals surface area contributed by atoms with Crippen LogP contribution < -0.4 is 10.0 Å². The van der Waals surface area contributed by atoms with Crippen LogP contribution in [0.5, 0.6) is 0 Å². The minimum atomic E-state index is -4.21. The maximum Gasteiger partial charge on any atom is 0.263 e. The molecule has 4 aromatic rings. The van der Waals surface area contributed by atoms with Crippen LogP contribution in [0.2, 0.25) is 15.1 Å². The first-order valence-electron chi connectivity index (χ1n) is 9.43. The van der Waals surface area contributed by atoms with Crippen LogP contribution in [0.1, 0.15) is 10.4 Å². The second-order valence-electron chi connectivity index (χ2n) is 6.85. The van der Waals surface area contributed by atoms with Gasteiger partial charge in [0.15, 0.2) is 5.13 Å². The molecule has 1 amide bonds. The van der Waals surface area contributed by atoms with Crippen molar-refractivity contribution in [3.63, 3.8) is 0 Å². The number of anilines is 2. The van der Waals surface area contributed by atoms with Gasteiger partial charge in [-0.3, -0.25) is 14.8 Å². The van der Waals surface area contributed by atoms with Gasteiger partial charge in [-0.05, 0) is 42.5 Å². The minimum absolute atomic E-state index is 0.0499. The predicted molar refractivity (Wildman–Crippen MR) is 134 cm³/mol. The molecule has 0 saturated carbocycles. The molecule has 0 fully saturated rings. The number of halogens is 4. The van der Waals surface area contributed by atoms with Gasteiger partial charge in [-0.1, -0.05) is 53.0 Å². The van der Waals surface area contributed by atoms with Gasteiger partial charge in [-0.25, -0.2) is 17.8 Å². The van der Waals surface area contributed by atoms with Crippen LogP contribution in [-0.2, 0) is 10.0 Å². The lowest BCUT2D eigenvalue weighted by Crippen LogP contribution is -2.17. The van der Waals surface area contributed by atoms with Gasteiger partial charge in [0.25, 0.3) is 15.9 Å². The standard InChI is InChI=1S/C22H13Cl3FN3O3S2/c23-16-4-2-1-3-14(16)19-11-33-22(27-19)28-21(30)15-9-20(18(25)10-17(15)24)34(31,32)29-13-7-5-12(26)6-8-13/h1-11,29H,(H,27,28,30). The van der Waals surface area contributed by atoms with Crippen molar-refractivity contribution >= 4 is 72.9 Å². The lowest BCUT2D eigenvalue weighted by Gasteiger charge is -2.12. The molecule has 1 aromatic heterocycles. The molecule has 12 heteroatoms. The Morgan fingerprint density at radius 1 is 0.941 bits per heavy atom. The van der Waals surface area contributed by atoms with Gasteiger partial charge < -0.3 is 0 Å². The largest absolute Gasteiger partial charge is 0.298 e. The van der Waals surface area contributed by atoms with Crippen LogP contribution in [-0.4, -0.2) is 19.3 Å². The molecule has 2 N–H and O–H groups in total. The van der Waals surface area contributed by atoms with Crippen LogP contribution in [0, 0.1) is 5.82 Å². The average Bonchev–Trinajstić information content (AvgIpc) is 3.23. The fraction of sp³-hybridized carbons (Fsp3) is 0. The fourth-order valence-corrected chi connectivity index (χ4v) is 5.78. The second-order valence-corrected chi connectivity index (χ2v) is 10.6. The molecule has 0 atom stereocenters. The van der Waals surface area contributed by atoms with E-state index < -0.39 is 21.7 Å². The number of hydrogen-bond donors (Lipinski definition) is 2. The lowest BCUT2D eigenvalue weighted by molar-refractivity contribution is 0.102. The fourth-order valence-electron chi connectivity index (χ4n) is 2.93. The molecule has 0 bridgehead atoms. The number of thiazole rings is 1. The maximum atomic E-state index is 13.1. The Balaban J connectivity index is 1.60. The zero-order chi connectivity index (χ0) is 24.5. The molecule has 34 heavy (non-hydrogen) atoms. The number of rotatable bonds is 6. The SMILES string of the molecule is O=C(Nc1nc(-c2ccccc2Cl)cs1)c1cc(S(=O)(=O)Nc2ccc(F)cc2)c(Cl)cc1Cl. The van der Waals surface area contributed by atoms with Gasteiger partial charge in [0.1, 0.15) is 10.7 Å². The van der Waals surface area contributed by atoms with Crippen molar-refractivity contribution in [3.05, 3.63) is 92.5 Å². The molecule has 174 valence electrons. The third-order valence-corrected chi connectivity index (χ3v) is 7.77. The summed E-state index contributed by atoms with van der Waals surface area (Å²) in [4.78, 5) is 16.9. The Kier molecular flexibility index (Phi) is 7.11. The highest BCUT2D eigenvalue weighted by atomic mass is 35.5. The van der Waals surface area contributed by atoms with Crippen molar-refractivity contribution in [2.24, 2.45) is 0 Å². The van der Waals surface area contributed by atoms with Crippen molar-refractivity contribution in [2.75, 3.05) is 10.0 Å². The van der Waals surface area contributed by atoms with E-state index in [1.54, 1.807) is 23.6 Å². The summed E-state index contributed by atoms with van der Waals surface area (Å²) in [5.74, 6) is -1.20. The number of hydrogen-bond acceptors (Lipinski definition) is 5. The van der Waals surface area contributed by atoms with Crippen LogP contribution in [0.25, 0.3) is 11.3 Å². The molecule has 0 aliphatic heterocycles. The van der Waals surface area contributed by atoms with Crippen LogP contribution in [0.3, 0.4) is 0 Å². The molecule has 0 saturated heterocycles. The van der Waals surface area contributed by atoms with Crippen molar-refractivity contribution < 1.29 is 17.6 Å². The number of nitrogens with one attached hydrogen (secondary N) is 2. The lowest BCUT2D eigenvalue weighted by atomic mass is 10.2. The zero-order valence-electron chi connectivity index (χ0n) is 16.9. The average molecular weight is 557 g/mol. The number of carbonyl (C=O) groups is 1. The number of sulfonamides is 1. The van der Waals surface area contributed by atoms with Crippen molar-refractivity contribution in [3.8, 4) is 11.3 Å². The quantitative estimate of drug-likeness (QED) is 0.269. The first-order valence-corrected chi connectivity index (χ1v) is 12.9. The van der Waals surface area contributed by atoms with Gasteiger partial charge in [0.2, 0.25) is 0 Å². The van der Waals surface area contributed by atoms with Gasteiger partial charge >= 0.3 is 0 Å². The van der Waals surface area contributed by atoms with Gasteiger partial charge in [0.05, 0.1) is 21.3 Å². The monoisotopic (exact) mass is 555 g/mol. The van der Waals surface area contributed by atoms with E-state index in [1.807, 2.05) is 6.07 Å². The molecular weight excluding hydrogens is 544 g/mol. The summed E-state index contributed by atoms with van der Waals surface area (Å²) in [6.45, 7) is 0. The molecule has 1 heterocycles. The third-order valence-electron chi connectivity index (χ3n) is 4.53. The van der Waals surface area contributed by atoms with Crippen molar-refractivity contribution in [1.82, 2.24) is 4.98 Å². The smallest absolute Gasteiger partial charge is 0.263 e. The maximum absolute atomic E-state index is 13.1. The topological polar surface area (TPSA) is 88.2 Å². The minimum Gasteiger partial charge on any atom is -0.298 e. The molecule has 0 unspecified atom stereocenters. The first kappa shape index (κ1) is 24.4. The summed E-state index contributed by atoms with van der Waals surface area (Å²) in [6.07, 6.45) is 0. The van der Waals surface area contributed by atoms with E-state index in [0.29, 0.717) is 16.3 Å². The van der Waals surface area contributed by atoms with Crippen molar-refractivity contribution in [2.45, 2.75) is 4.90 Å². The van der Waals surface area contributed by atoms with E-state index in [-0.39, 0.29) is 31.3 Å². The van der Waals surface area contributed by atoms with Gasteiger partial charge in [-0.2, -0.15) is 0 Å². The summed E-state index contributed by atoms with van der Waals surface area (Å²) in [7, 11) is -4.21. The molecule has 0 spiro atoms. The Labute approximate surface area is 213 Å². The highest BCUT2D eigenvalue weighted by molar-refractivity contribution is 7.92. The number of nitrogens with zero attached hydrogens (tertiary/aromatic N) is 1. The van der Waals surface area contributed by atoms with E-state index in [2.05, 4.69) is 15.0 Å². The van der Waals surface area contributed by atoms with E-state index >= 15 is 0 Å².